The molecule has 0 aliphatic carbocycles. The van der Waals surface area contributed by atoms with Crippen LogP contribution in [0.2, 0.25) is 0 Å². The molecule has 0 unspecified atom stereocenters. The standard InChI is InChI=1S/C5H10N4O2S/c1-2-3-8-12(10,11)5-6-4-7-9-5/h4,8H,2-3H2,1H3,(H,6,7,9). The predicted molar refractivity (Wildman–Crippen MR) is 41.9 cm³/mol. The smallest absolute Gasteiger partial charge is 0.265 e. The van der Waals surface area contributed by atoms with E-state index >= 15 is 0 Å². The van der Waals surface area contributed by atoms with Gasteiger partial charge in [-0.2, -0.15) is 0 Å². The molecule has 12 heavy (non-hydrogen) atoms. The average Bonchev–Trinajstić information content (AvgIpc) is 2.53. The third-order valence-corrected chi connectivity index (χ3v) is 2.44. The lowest BCUT2D eigenvalue weighted by atomic mass is 10.5. The quantitative estimate of drug-likeness (QED) is 0.669. The number of nitrogens with one attached hydrogen (secondary N) is 2. The summed E-state index contributed by atoms with van der Waals surface area (Å²) in [5.41, 5.74) is 0. The van der Waals surface area contributed by atoms with Crippen LogP contribution >= 0.6 is 0 Å². The lowest BCUT2D eigenvalue weighted by Gasteiger charge is -1.98. The maximum absolute atomic E-state index is 11.2. The van der Waals surface area contributed by atoms with E-state index in [9.17, 15) is 8.42 Å². The van der Waals surface area contributed by atoms with Crippen LogP contribution in [0.5, 0.6) is 0 Å². The summed E-state index contributed by atoms with van der Waals surface area (Å²) in [5.74, 6) is 0. The van der Waals surface area contributed by atoms with Gasteiger partial charge in [-0.05, 0) is 6.42 Å². The van der Waals surface area contributed by atoms with Crippen LogP contribution in [-0.2, 0) is 10.0 Å². The molecule has 6 nitrogen and oxygen atoms in total. The molecule has 0 bridgehead atoms. The molecule has 0 radical (unpaired) electrons. The van der Waals surface area contributed by atoms with Crippen molar-refractivity contribution in [1.82, 2.24) is 19.9 Å². The first-order valence-electron chi connectivity index (χ1n) is 3.52. The third-order valence-electron chi connectivity index (χ3n) is 1.18. The number of sulfonamides is 1. The summed E-state index contributed by atoms with van der Waals surface area (Å²) >= 11 is 0. The zero-order valence-corrected chi connectivity index (χ0v) is 7.43. The molecule has 7 heteroatoms. The van der Waals surface area contributed by atoms with Gasteiger partial charge in [0.15, 0.2) is 0 Å². The second-order valence-electron chi connectivity index (χ2n) is 2.18. The van der Waals surface area contributed by atoms with Crippen molar-refractivity contribution in [1.29, 1.82) is 0 Å². The molecule has 0 atom stereocenters. The van der Waals surface area contributed by atoms with Crippen molar-refractivity contribution >= 4 is 10.0 Å². The number of H-pyrrole nitrogens is 1. The van der Waals surface area contributed by atoms with Gasteiger partial charge in [-0.3, -0.25) is 5.10 Å². The molecule has 0 saturated carbocycles. The SMILES string of the molecule is CCCNS(=O)(=O)c1nc[nH]n1. The molecule has 0 aromatic carbocycles. The van der Waals surface area contributed by atoms with E-state index in [0.717, 1.165) is 6.42 Å². The minimum Gasteiger partial charge on any atom is -0.265 e. The number of rotatable bonds is 4. The lowest BCUT2D eigenvalue weighted by Crippen LogP contribution is -2.25. The molecule has 1 heterocycles. The lowest BCUT2D eigenvalue weighted by molar-refractivity contribution is 0.572. The monoisotopic (exact) mass is 190 g/mol. The van der Waals surface area contributed by atoms with Gasteiger partial charge in [0.2, 0.25) is 0 Å². The van der Waals surface area contributed by atoms with Crippen LogP contribution in [0, 0.1) is 0 Å². The van der Waals surface area contributed by atoms with Crippen LogP contribution in [0.15, 0.2) is 11.5 Å². The Bertz CT molecular complexity index is 317. The average molecular weight is 190 g/mol. The molecule has 0 aliphatic rings. The van der Waals surface area contributed by atoms with Gasteiger partial charge < -0.3 is 0 Å². The molecule has 0 amide bonds. The van der Waals surface area contributed by atoms with E-state index in [1.165, 1.54) is 6.33 Å². The Morgan fingerprint density at radius 3 is 2.92 bits per heavy atom. The summed E-state index contributed by atoms with van der Waals surface area (Å²) < 4.78 is 24.7. The first-order chi connectivity index (χ1) is 5.67. The summed E-state index contributed by atoms with van der Waals surface area (Å²) in [5, 5.41) is 5.57. The number of nitrogens with zero attached hydrogens (tertiary/aromatic N) is 2. The van der Waals surface area contributed by atoms with Crippen LogP contribution in [0.4, 0.5) is 0 Å². The summed E-state index contributed by atoms with van der Waals surface area (Å²) in [7, 11) is -3.48. The highest BCUT2D eigenvalue weighted by Gasteiger charge is 2.16. The van der Waals surface area contributed by atoms with Crippen molar-refractivity contribution < 1.29 is 8.42 Å². The summed E-state index contributed by atoms with van der Waals surface area (Å²) in [6, 6.07) is 0. The fraction of sp³-hybridized carbons (Fsp3) is 0.600. The molecular formula is C5H10N4O2S. The van der Waals surface area contributed by atoms with Crippen LogP contribution in [-0.4, -0.2) is 30.1 Å². The first-order valence-corrected chi connectivity index (χ1v) is 5.00. The Labute approximate surface area is 70.5 Å². The molecule has 1 aromatic rings. The van der Waals surface area contributed by atoms with Gasteiger partial charge in [-0.1, -0.05) is 6.92 Å². The van der Waals surface area contributed by atoms with E-state index in [2.05, 4.69) is 19.9 Å². The fourth-order valence-electron chi connectivity index (χ4n) is 0.627. The van der Waals surface area contributed by atoms with Gasteiger partial charge in [-0.25, -0.2) is 18.1 Å². The Kier molecular flexibility index (Phi) is 2.77. The highest BCUT2D eigenvalue weighted by molar-refractivity contribution is 7.89. The van der Waals surface area contributed by atoms with Crippen LogP contribution < -0.4 is 4.72 Å². The van der Waals surface area contributed by atoms with Crippen molar-refractivity contribution in [3.8, 4) is 0 Å². The Hall–Kier alpha value is -0.950. The number of aromatic nitrogens is 3. The summed E-state index contributed by atoms with van der Waals surface area (Å²) in [6.45, 7) is 2.28. The normalized spacial score (nSPS) is 11.8. The zero-order valence-electron chi connectivity index (χ0n) is 6.61. The molecule has 68 valence electrons. The van der Waals surface area contributed by atoms with Crippen molar-refractivity contribution in [2.75, 3.05) is 6.54 Å². The summed E-state index contributed by atoms with van der Waals surface area (Å²) in [4.78, 5) is 3.52. The van der Waals surface area contributed by atoms with Crippen molar-refractivity contribution in [3.63, 3.8) is 0 Å². The highest BCUT2D eigenvalue weighted by Crippen LogP contribution is 1.96. The zero-order chi connectivity index (χ0) is 9.03. The molecule has 0 saturated heterocycles. The van der Waals surface area contributed by atoms with E-state index < -0.39 is 10.0 Å². The fourth-order valence-corrected chi connectivity index (χ4v) is 1.59. The molecule has 0 aliphatic heterocycles. The number of hydrogen-bond acceptors (Lipinski definition) is 4. The third kappa shape index (κ3) is 2.02. The second-order valence-corrected chi connectivity index (χ2v) is 3.84. The Balaban J connectivity index is 2.74. The topological polar surface area (TPSA) is 87.7 Å². The van der Waals surface area contributed by atoms with E-state index in [-0.39, 0.29) is 5.16 Å². The molecular weight excluding hydrogens is 180 g/mol. The molecule has 0 spiro atoms. The first kappa shape index (κ1) is 9.14. The predicted octanol–water partition coefficient (Wildman–Crippen LogP) is -0.507. The molecule has 1 rings (SSSR count). The molecule has 1 aromatic heterocycles. The van der Waals surface area contributed by atoms with Crippen LogP contribution in [0.1, 0.15) is 13.3 Å². The largest absolute Gasteiger partial charge is 0.281 e. The molecule has 2 N–H and O–H groups in total. The van der Waals surface area contributed by atoms with Gasteiger partial charge in [-0.15, -0.1) is 5.10 Å². The van der Waals surface area contributed by atoms with E-state index in [1.54, 1.807) is 0 Å². The van der Waals surface area contributed by atoms with E-state index in [0.29, 0.717) is 6.54 Å². The molecule has 0 fully saturated rings. The minimum absolute atomic E-state index is 0.212. The maximum Gasteiger partial charge on any atom is 0.281 e. The van der Waals surface area contributed by atoms with Crippen molar-refractivity contribution in [2.45, 2.75) is 18.5 Å². The van der Waals surface area contributed by atoms with Crippen molar-refractivity contribution in [3.05, 3.63) is 6.33 Å². The van der Waals surface area contributed by atoms with Gasteiger partial charge in [0.1, 0.15) is 6.33 Å². The van der Waals surface area contributed by atoms with Crippen LogP contribution in [0.25, 0.3) is 0 Å². The minimum atomic E-state index is -3.48. The number of aromatic amines is 1. The maximum atomic E-state index is 11.2. The number of hydrogen-bond donors (Lipinski definition) is 2. The van der Waals surface area contributed by atoms with E-state index in [1.807, 2.05) is 6.92 Å². The van der Waals surface area contributed by atoms with E-state index in [4.69, 9.17) is 0 Å². The summed E-state index contributed by atoms with van der Waals surface area (Å²) in [6.07, 6.45) is 1.96. The van der Waals surface area contributed by atoms with Gasteiger partial charge >= 0.3 is 0 Å². The van der Waals surface area contributed by atoms with Crippen LogP contribution in [0.3, 0.4) is 0 Å². The highest BCUT2D eigenvalue weighted by atomic mass is 32.2. The van der Waals surface area contributed by atoms with Gasteiger partial charge in [0, 0.05) is 6.54 Å². The van der Waals surface area contributed by atoms with Gasteiger partial charge in [0.25, 0.3) is 15.2 Å². The van der Waals surface area contributed by atoms with Crippen molar-refractivity contribution in [2.24, 2.45) is 0 Å². The van der Waals surface area contributed by atoms with Gasteiger partial charge in [0.05, 0.1) is 0 Å². The Morgan fingerprint density at radius 1 is 1.67 bits per heavy atom. The second kappa shape index (κ2) is 3.63. The Morgan fingerprint density at radius 2 is 2.42 bits per heavy atom.